The summed E-state index contributed by atoms with van der Waals surface area (Å²) in [4.78, 5) is 19.5. The molecule has 0 bridgehead atoms. The minimum Gasteiger partial charge on any atom is -0.368 e. The second-order valence-electron chi connectivity index (χ2n) is 7.84. The van der Waals surface area contributed by atoms with Crippen LogP contribution in [0.3, 0.4) is 0 Å². The lowest BCUT2D eigenvalue weighted by atomic mass is 9.83. The van der Waals surface area contributed by atoms with Crippen LogP contribution in [-0.4, -0.2) is 44.2 Å². The van der Waals surface area contributed by atoms with E-state index in [1.165, 1.54) is 22.2 Å². The number of fused-ring (bicyclic) bond motifs is 5. The summed E-state index contributed by atoms with van der Waals surface area (Å²) in [7, 11) is 1.96. The van der Waals surface area contributed by atoms with Crippen molar-refractivity contribution in [1.29, 1.82) is 0 Å². The van der Waals surface area contributed by atoms with Gasteiger partial charge in [-0.2, -0.15) is 4.98 Å². The number of aromatic nitrogens is 5. The van der Waals surface area contributed by atoms with Crippen molar-refractivity contribution >= 4 is 28.0 Å². The van der Waals surface area contributed by atoms with Crippen LogP contribution in [0, 0.1) is 0 Å². The van der Waals surface area contributed by atoms with Gasteiger partial charge in [-0.15, -0.1) is 0 Å². The van der Waals surface area contributed by atoms with Gasteiger partial charge in [0.1, 0.15) is 11.1 Å². The molecule has 0 unspecified atom stereocenters. The van der Waals surface area contributed by atoms with Crippen LogP contribution in [0.2, 0.25) is 0 Å². The van der Waals surface area contributed by atoms with Gasteiger partial charge in [-0.3, -0.25) is 0 Å². The molecule has 2 aliphatic rings. The van der Waals surface area contributed by atoms with Crippen molar-refractivity contribution in [3.05, 3.63) is 48.0 Å². The average Bonchev–Trinajstić information content (AvgIpc) is 3.30. The van der Waals surface area contributed by atoms with Crippen molar-refractivity contribution in [2.45, 2.75) is 24.9 Å². The molecule has 5 heterocycles. The van der Waals surface area contributed by atoms with Crippen LogP contribution in [-0.2, 0) is 23.8 Å². The summed E-state index contributed by atoms with van der Waals surface area (Å²) in [5.41, 5.74) is 5.40. The topological polar surface area (TPSA) is 71.9 Å². The Hall–Kier alpha value is -2.93. The van der Waals surface area contributed by atoms with Crippen molar-refractivity contribution in [2.24, 2.45) is 7.05 Å². The first-order valence-electron chi connectivity index (χ1n) is 9.87. The molecule has 0 aliphatic carbocycles. The van der Waals surface area contributed by atoms with Crippen molar-refractivity contribution < 1.29 is 4.74 Å². The van der Waals surface area contributed by atoms with Crippen LogP contribution < -0.4 is 4.90 Å². The Morgan fingerprint density at radius 1 is 1.14 bits per heavy atom. The molecule has 4 aromatic rings. The lowest BCUT2D eigenvalue weighted by Gasteiger charge is -2.43. The first-order chi connectivity index (χ1) is 13.7. The molecule has 1 spiro atoms. The van der Waals surface area contributed by atoms with Crippen molar-refractivity contribution in [1.82, 2.24) is 24.5 Å². The summed E-state index contributed by atoms with van der Waals surface area (Å²) in [6, 6.07) is 8.58. The number of hydrogen-bond acceptors (Lipinski definition) is 5. The number of hydrogen-bond donors (Lipinski definition) is 1. The summed E-state index contributed by atoms with van der Waals surface area (Å²) < 4.78 is 8.35. The molecule has 1 N–H and O–H groups in total. The van der Waals surface area contributed by atoms with Gasteiger partial charge in [0.2, 0.25) is 5.95 Å². The van der Waals surface area contributed by atoms with Gasteiger partial charge in [-0.25, -0.2) is 9.97 Å². The summed E-state index contributed by atoms with van der Waals surface area (Å²) in [5.74, 6) is 0.758. The molecule has 0 saturated carbocycles. The molecular weight excluding hydrogens is 352 g/mol. The second-order valence-corrected chi connectivity index (χ2v) is 7.84. The third kappa shape index (κ3) is 2.22. The van der Waals surface area contributed by atoms with Gasteiger partial charge < -0.3 is 19.2 Å². The Morgan fingerprint density at radius 2 is 2.00 bits per heavy atom. The van der Waals surface area contributed by atoms with Crippen LogP contribution in [0.1, 0.15) is 24.1 Å². The monoisotopic (exact) mass is 374 g/mol. The highest BCUT2D eigenvalue weighted by atomic mass is 16.5. The predicted octanol–water partition coefficient (Wildman–Crippen LogP) is 2.91. The molecule has 1 aromatic carbocycles. The van der Waals surface area contributed by atoms with Crippen LogP contribution in [0.15, 0.2) is 36.8 Å². The average molecular weight is 374 g/mol. The maximum Gasteiger partial charge on any atom is 0.227 e. The Balaban J connectivity index is 1.31. The summed E-state index contributed by atoms with van der Waals surface area (Å²) in [6.07, 6.45) is 6.47. The highest BCUT2D eigenvalue weighted by Crippen LogP contribution is 2.43. The number of ether oxygens (including phenoxy) is 1. The SMILES string of the molecule is Cn1cnc2nc(N3CCC4(CC3)OCCc3c4[nH]c4ccccc34)ncc21. The molecule has 0 atom stereocenters. The molecule has 7 nitrogen and oxygen atoms in total. The standard InChI is InChI=1S/C21H22N6O/c1-26-13-23-19-17(26)12-22-20(25-19)27-9-7-21(8-10-27)18-15(6-11-28-21)14-4-2-3-5-16(14)24-18/h2-5,12-13,24H,6-11H2,1H3. The predicted molar refractivity (Wildman–Crippen MR) is 107 cm³/mol. The van der Waals surface area contributed by atoms with Crippen LogP contribution in [0.4, 0.5) is 5.95 Å². The smallest absolute Gasteiger partial charge is 0.227 e. The zero-order chi connectivity index (χ0) is 18.7. The summed E-state index contributed by atoms with van der Waals surface area (Å²) in [6.45, 7) is 2.52. The molecule has 7 heteroatoms. The van der Waals surface area contributed by atoms with E-state index in [-0.39, 0.29) is 5.60 Å². The van der Waals surface area contributed by atoms with E-state index in [9.17, 15) is 0 Å². The van der Waals surface area contributed by atoms with Crippen LogP contribution in [0.5, 0.6) is 0 Å². The Bertz CT molecular complexity index is 1180. The molecular formula is C21H22N6O. The van der Waals surface area contributed by atoms with E-state index < -0.39 is 0 Å². The maximum absolute atomic E-state index is 6.41. The number of piperidine rings is 1. The molecule has 0 amide bonds. The van der Waals surface area contributed by atoms with Gasteiger partial charge in [0.05, 0.1) is 24.8 Å². The number of anilines is 1. The third-order valence-electron chi connectivity index (χ3n) is 6.32. The number of para-hydroxylation sites is 1. The van der Waals surface area contributed by atoms with Crippen LogP contribution >= 0.6 is 0 Å². The fourth-order valence-corrected chi connectivity index (χ4v) is 4.79. The van der Waals surface area contributed by atoms with E-state index in [4.69, 9.17) is 4.74 Å². The first-order valence-corrected chi connectivity index (χ1v) is 9.87. The lowest BCUT2D eigenvalue weighted by molar-refractivity contribution is -0.0791. The van der Waals surface area contributed by atoms with E-state index in [1.807, 2.05) is 17.8 Å². The maximum atomic E-state index is 6.41. The zero-order valence-electron chi connectivity index (χ0n) is 15.9. The quantitative estimate of drug-likeness (QED) is 0.555. The third-order valence-corrected chi connectivity index (χ3v) is 6.32. The van der Waals surface area contributed by atoms with Gasteiger partial charge in [0.25, 0.3) is 0 Å². The van der Waals surface area contributed by atoms with Crippen molar-refractivity contribution in [3.63, 3.8) is 0 Å². The lowest BCUT2D eigenvalue weighted by Crippen LogP contribution is -2.47. The number of nitrogens with one attached hydrogen (secondary N) is 1. The second kappa shape index (κ2) is 5.78. The van der Waals surface area contributed by atoms with Gasteiger partial charge in [-0.05, 0) is 30.9 Å². The number of aryl methyl sites for hydroxylation is 1. The molecule has 142 valence electrons. The van der Waals surface area contributed by atoms with Crippen molar-refractivity contribution in [2.75, 3.05) is 24.6 Å². The highest BCUT2D eigenvalue weighted by Gasteiger charge is 2.43. The van der Waals surface area contributed by atoms with Gasteiger partial charge in [0.15, 0.2) is 5.65 Å². The molecule has 1 saturated heterocycles. The summed E-state index contributed by atoms with van der Waals surface area (Å²) in [5, 5.41) is 1.34. The highest BCUT2D eigenvalue weighted by molar-refractivity contribution is 5.85. The molecule has 28 heavy (non-hydrogen) atoms. The van der Waals surface area contributed by atoms with Gasteiger partial charge in [0, 0.05) is 31.0 Å². The van der Waals surface area contributed by atoms with E-state index in [0.29, 0.717) is 0 Å². The normalized spacial score (nSPS) is 18.8. The Kier molecular flexibility index (Phi) is 3.32. The van der Waals surface area contributed by atoms with E-state index in [2.05, 4.69) is 49.1 Å². The minimum atomic E-state index is -0.224. The van der Waals surface area contributed by atoms with E-state index in [0.717, 1.165) is 56.1 Å². The first kappa shape index (κ1) is 16.1. The molecule has 1 fully saturated rings. The Labute approximate surface area is 162 Å². The molecule has 0 radical (unpaired) electrons. The zero-order valence-corrected chi connectivity index (χ0v) is 15.9. The number of H-pyrrole nitrogens is 1. The molecule has 3 aromatic heterocycles. The fourth-order valence-electron chi connectivity index (χ4n) is 4.79. The fraction of sp³-hybridized carbons (Fsp3) is 0.381. The van der Waals surface area contributed by atoms with E-state index in [1.54, 1.807) is 6.33 Å². The summed E-state index contributed by atoms with van der Waals surface area (Å²) >= 11 is 0. The van der Waals surface area contributed by atoms with Crippen LogP contribution in [0.25, 0.3) is 22.1 Å². The number of imidazole rings is 1. The van der Waals surface area contributed by atoms with Gasteiger partial charge >= 0.3 is 0 Å². The Morgan fingerprint density at radius 3 is 2.89 bits per heavy atom. The number of nitrogens with zero attached hydrogens (tertiary/aromatic N) is 5. The molecule has 6 rings (SSSR count). The van der Waals surface area contributed by atoms with E-state index >= 15 is 0 Å². The largest absolute Gasteiger partial charge is 0.368 e. The van der Waals surface area contributed by atoms with Gasteiger partial charge in [-0.1, -0.05) is 18.2 Å². The number of rotatable bonds is 1. The van der Waals surface area contributed by atoms with Crippen molar-refractivity contribution in [3.8, 4) is 0 Å². The number of aromatic amines is 1. The number of benzene rings is 1. The minimum absolute atomic E-state index is 0.224. The molecule has 2 aliphatic heterocycles.